The van der Waals surface area contributed by atoms with Crippen molar-refractivity contribution in [2.45, 2.75) is 31.7 Å². The number of thiocarbonyl (C=S) groups is 1. The van der Waals surface area contributed by atoms with Gasteiger partial charge in [-0.25, -0.2) is 0 Å². The van der Waals surface area contributed by atoms with Gasteiger partial charge in [0.15, 0.2) is 5.11 Å². The van der Waals surface area contributed by atoms with Gasteiger partial charge < -0.3 is 9.74 Å². The van der Waals surface area contributed by atoms with E-state index < -0.39 is 5.54 Å². The molecule has 0 N–H and O–H groups in total. The van der Waals surface area contributed by atoms with Crippen molar-refractivity contribution in [2.75, 3.05) is 9.80 Å². The third-order valence-electron chi connectivity index (χ3n) is 6.23. The van der Waals surface area contributed by atoms with Crippen molar-refractivity contribution in [3.8, 4) is 11.1 Å². The Morgan fingerprint density at radius 1 is 1.03 bits per heavy atom. The molecule has 5 nitrogen and oxygen atoms in total. The molecule has 0 atom stereocenters. The number of amides is 1. The van der Waals surface area contributed by atoms with Crippen molar-refractivity contribution in [1.82, 2.24) is 4.98 Å². The number of rotatable bonds is 3. The molecule has 1 aliphatic heterocycles. The molecular formula is C25H20N4OS. The summed E-state index contributed by atoms with van der Waals surface area (Å²) in [6.07, 6.45) is 4.11. The largest absolute Gasteiger partial charge is 0.360 e. The predicted octanol–water partition coefficient (Wildman–Crippen LogP) is 5.67. The lowest BCUT2D eigenvalue weighted by Crippen LogP contribution is -2.55. The second-order valence-corrected chi connectivity index (χ2v) is 8.37. The van der Waals surface area contributed by atoms with Crippen LogP contribution in [0.2, 0.25) is 0 Å². The normalized spacial score (nSPS) is 17.0. The summed E-state index contributed by atoms with van der Waals surface area (Å²) in [7, 11) is 0. The number of anilines is 2. The van der Waals surface area contributed by atoms with Crippen LogP contribution in [0.15, 0.2) is 66.9 Å². The number of pyridine rings is 1. The zero-order chi connectivity index (χ0) is 21.6. The fraction of sp³-hybridized carbons (Fsp3) is 0.200. The van der Waals surface area contributed by atoms with Gasteiger partial charge >= 0.3 is 0 Å². The summed E-state index contributed by atoms with van der Waals surface area (Å²) in [5.74, 6) is 0.334. The summed E-state index contributed by atoms with van der Waals surface area (Å²) >= 11 is 5.83. The average molecular weight is 425 g/mol. The molecule has 1 saturated heterocycles. The van der Waals surface area contributed by atoms with Gasteiger partial charge in [-0.2, -0.15) is 0 Å². The first-order chi connectivity index (χ1) is 15.0. The highest BCUT2D eigenvalue weighted by molar-refractivity contribution is 7.81. The molecule has 2 heterocycles. The van der Waals surface area contributed by atoms with Crippen LogP contribution in [-0.2, 0) is 4.79 Å². The van der Waals surface area contributed by atoms with E-state index in [0.29, 0.717) is 16.6 Å². The smallest absolute Gasteiger partial charge is 0.272 e. The second kappa shape index (κ2) is 7.29. The number of carbonyl (C=O) groups excluding carboxylic acids is 1. The first kappa shape index (κ1) is 19.4. The molecule has 1 aromatic heterocycles. The molecular weight excluding hydrogens is 404 g/mol. The van der Waals surface area contributed by atoms with Crippen LogP contribution in [0.3, 0.4) is 0 Å². The molecule has 31 heavy (non-hydrogen) atoms. The minimum absolute atomic E-state index is 0.00681. The van der Waals surface area contributed by atoms with E-state index in [1.807, 2.05) is 48.2 Å². The number of aryl methyl sites for hydroxylation is 1. The lowest BCUT2D eigenvalue weighted by molar-refractivity contribution is -0.123. The third kappa shape index (κ3) is 2.93. The molecule has 2 aromatic carbocycles. The van der Waals surface area contributed by atoms with Gasteiger partial charge in [-0.1, -0.05) is 49.0 Å². The molecule has 0 radical (unpaired) electrons. The summed E-state index contributed by atoms with van der Waals surface area (Å²) in [5.41, 5.74) is 3.91. The monoisotopic (exact) mass is 424 g/mol. The van der Waals surface area contributed by atoms with Gasteiger partial charge in [0.25, 0.3) is 11.7 Å². The highest BCUT2D eigenvalue weighted by Gasteiger charge is 2.59. The van der Waals surface area contributed by atoms with Gasteiger partial charge in [0.2, 0.25) is 0 Å². The van der Waals surface area contributed by atoms with Gasteiger partial charge in [-0.15, -0.1) is 4.98 Å². The van der Waals surface area contributed by atoms with Gasteiger partial charge in [0, 0.05) is 5.69 Å². The van der Waals surface area contributed by atoms with Crippen molar-refractivity contribution in [3.63, 3.8) is 0 Å². The Labute approximate surface area is 186 Å². The maximum atomic E-state index is 13.6. The number of hydrogen-bond donors (Lipinski definition) is 0. The average Bonchev–Trinajstić information content (AvgIpc) is 3.01. The van der Waals surface area contributed by atoms with Gasteiger partial charge in [-0.3, -0.25) is 9.69 Å². The summed E-state index contributed by atoms with van der Waals surface area (Å²) in [5, 5.41) is 0.467. The quantitative estimate of drug-likeness (QED) is 0.401. The summed E-state index contributed by atoms with van der Waals surface area (Å²) in [6, 6.07) is 20.2. The van der Waals surface area contributed by atoms with E-state index >= 15 is 0 Å². The lowest BCUT2D eigenvalue weighted by atomic mass is 9.75. The SMILES string of the molecule is [C-]#[N+]c1ncc(N2C(=O)C3(CCC3)N(c3ccc(-c4ccccc4)cc3)C2=S)cc1C. The molecule has 2 fully saturated rings. The molecule has 152 valence electrons. The van der Waals surface area contributed by atoms with Crippen LogP contribution < -0.4 is 9.80 Å². The fourth-order valence-corrected chi connectivity index (χ4v) is 4.90. The van der Waals surface area contributed by atoms with Crippen molar-refractivity contribution in [3.05, 3.63) is 83.8 Å². The van der Waals surface area contributed by atoms with Crippen LogP contribution in [-0.4, -0.2) is 21.5 Å². The number of carbonyl (C=O) groups is 1. The van der Waals surface area contributed by atoms with Crippen LogP contribution in [0.5, 0.6) is 0 Å². The topological polar surface area (TPSA) is 40.8 Å². The highest BCUT2D eigenvalue weighted by atomic mass is 32.1. The van der Waals surface area contributed by atoms with Crippen LogP contribution in [0.4, 0.5) is 17.2 Å². The summed E-state index contributed by atoms with van der Waals surface area (Å²) in [6.45, 7) is 9.04. The van der Waals surface area contributed by atoms with Gasteiger partial charge in [0.1, 0.15) is 11.7 Å². The summed E-state index contributed by atoms with van der Waals surface area (Å²) < 4.78 is 0. The molecule has 5 rings (SSSR count). The third-order valence-corrected chi connectivity index (χ3v) is 6.59. The van der Waals surface area contributed by atoms with E-state index in [9.17, 15) is 4.79 Å². The van der Waals surface area contributed by atoms with Crippen LogP contribution >= 0.6 is 12.2 Å². The zero-order valence-electron chi connectivity index (χ0n) is 17.1. The van der Waals surface area contributed by atoms with E-state index in [2.05, 4.69) is 34.1 Å². The maximum Gasteiger partial charge on any atom is 0.272 e. The molecule has 1 amide bonds. The van der Waals surface area contributed by atoms with E-state index in [1.54, 1.807) is 11.1 Å². The minimum atomic E-state index is -0.627. The first-order valence-corrected chi connectivity index (χ1v) is 10.6. The van der Waals surface area contributed by atoms with Crippen molar-refractivity contribution >= 4 is 40.4 Å². The fourth-order valence-electron chi connectivity index (χ4n) is 4.43. The standard InChI is InChI=1S/C25H20N4OS/c1-17-15-21(16-27-22(17)26-2)28-23(30)25(13-6-14-25)29(24(28)31)20-11-9-19(10-12-20)18-7-4-3-5-8-18/h3-5,7-12,15-16H,6,13-14H2,1H3. The maximum absolute atomic E-state index is 13.6. The molecule has 1 saturated carbocycles. The zero-order valence-corrected chi connectivity index (χ0v) is 17.9. The van der Waals surface area contributed by atoms with Crippen LogP contribution in [0, 0.1) is 13.5 Å². The molecule has 6 heteroatoms. The first-order valence-electron chi connectivity index (χ1n) is 10.2. The van der Waals surface area contributed by atoms with Gasteiger partial charge in [-0.05, 0) is 73.3 Å². The molecule has 0 unspecified atom stereocenters. The molecule has 3 aromatic rings. The molecule has 0 bridgehead atoms. The Bertz CT molecular complexity index is 1230. The van der Waals surface area contributed by atoms with E-state index in [4.69, 9.17) is 18.8 Å². The Morgan fingerprint density at radius 2 is 1.71 bits per heavy atom. The Kier molecular flexibility index (Phi) is 4.57. The molecule has 1 aliphatic carbocycles. The molecule has 2 aliphatic rings. The van der Waals surface area contributed by atoms with Crippen LogP contribution in [0.25, 0.3) is 16.0 Å². The molecule has 1 spiro atoms. The van der Waals surface area contributed by atoms with Crippen molar-refractivity contribution in [2.24, 2.45) is 0 Å². The Balaban J connectivity index is 1.53. The lowest BCUT2D eigenvalue weighted by Gasteiger charge is -2.43. The Morgan fingerprint density at radius 3 is 2.29 bits per heavy atom. The minimum Gasteiger partial charge on any atom is -0.360 e. The number of aromatic nitrogens is 1. The van der Waals surface area contributed by atoms with E-state index in [-0.39, 0.29) is 5.91 Å². The number of benzene rings is 2. The van der Waals surface area contributed by atoms with Crippen LogP contribution in [0.1, 0.15) is 24.8 Å². The highest BCUT2D eigenvalue weighted by Crippen LogP contribution is 2.48. The Hall–Kier alpha value is -3.56. The van der Waals surface area contributed by atoms with Gasteiger partial charge in [0.05, 0.1) is 5.69 Å². The van der Waals surface area contributed by atoms with Crippen molar-refractivity contribution in [1.29, 1.82) is 0 Å². The predicted molar refractivity (Wildman–Crippen MR) is 126 cm³/mol. The number of nitrogens with zero attached hydrogens (tertiary/aromatic N) is 4. The van der Waals surface area contributed by atoms with Crippen molar-refractivity contribution < 1.29 is 4.79 Å². The summed E-state index contributed by atoms with van der Waals surface area (Å²) in [4.78, 5) is 24.8. The van der Waals surface area contributed by atoms with E-state index in [0.717, 1.165) is 41.6 Å². The number of hydrogen-bond acceptors (Lipinski definition) is 3. The second-order valence-electron chi connectivity index (χ2n) is 8.00. The van der Waals surface area contributed by atoms with E-state index in [1.165, 1.54) is 0 Å².